The minimum absolute atomic E-state index is 0.116. The lowest BCUT2D eigenvalue weighted by Gasteiger charge is -2.53. The molecule has 0 bridgehead atoms. The van der Waals surface area contributed by atoms with Gasteiger partial charge in [-0.25, -0.2) is 18.9 Å². The Morgan fingerprint density at radius 3 is 2.21 bits per heavy atom. The molecule has 0 radical (unpaired) electrons. The van der Waals surface area contributed by atoms with Crippen LogP contribution in [0, 0.1) is 5.41 Å². The first-order valence-electron chi connectivity index (χ1n) is 11.6. The van der Waals surface area contributed by atoms with Gasteiger partial charge in [0.1, 0.15) is 17.8 Å². The molecule has 1 aliphatic rings. The summed E-state index contributed by atoms with van der Waals surface area (Å²) in [6.07, 6.45) is 1.62. The number of alkyl halides is 1. The third kappa shape index (κ3) is 4.76. The van der Waals surface area contributed by atoms with Gasteiger partial charge in [-0.3, -0.25) is 4.79 Å². The third-order valence-corrected chi connectivity index (χ3v) is 6.59. The van der Waals surface area contributed by atoms with E-state index in [0.717, 1.165) is 16.9 Å². The van der Waals surface area contributed by atoms with E-state index in [2.05, 4.69) is 5.32 Å². The van der Waals surface area contributed by atoms with E-state index in [-0.39, 0.29) is 17.5 Å². The van der Waals surface area contributed by atoms with Gasteiger partial charge in [0.05, 0.1) is 11.6 Å². The molecular weight excluding hydrogens is 439 g/mol. The van der Waals surface area contributed by atoms with E-state index >= 15 is 0 Å². The molecule has 2 N–H and O–H groups in total. The molecule has 1 saturated heterocycles. The summed E-state index contributed by atoms with van der Waals surface area (Å²) in [5.41, 5.74) is 0.664. The number of carboxylic acid groups (broad SMARTS) is 1. The zero-order valence-corrected chi connectivity index (χ0v) is 19.7. The van der Waals surface area contributed by atoms with Crippen molar-refractivity contribution < 1.29 is 28.6 Å². The standard InChI is InChI=1S/C26H31FN2O5/c1-4-7-21(18-10-8-17(16-27)9-11-18)28-25(33)29-23(32)26(5-2,6-3)24(29)34-20-14-12-19(13-15-20)22(30)31/h8-15,21,24H,4-7,16H2,1-3H3,(H,28,33)(H,30,31)/t21-,24+/m1/s1. The minimum Gasteiger partial charge on any atom is -0.478 e. The zero-order valence-electron chi connectivity index (χ0n) is 19.7. The quantitative estimate of drug-likeness (QED) is 0.450. The van der Waals surface area contributed by atoms with Crippen molar-refractivity contribution in [3.63, 3.8) is 0 Å². The molecule has 0 unspecified atom stereocenters. The second kappa shape index (κ2) is 10.7. The molecule has 2 aromatic carbocycles. The summed E-state index contributed by atoms with van der Waals surface area (Å²) in [6.45, 7) is 5.20. The first-order chi connectivity index (χ1) is 16.3. The number of carbonyl (C=O) groups excluding carboxylic acids is 2. The van der Waals surface area contributed by atoms with E-state index < -0.39 is 30.3 Å². The number of hydrogen-bond acceptors (Lipinski definition) is 4. The number of β-lactam (4-membered cyclic amide) rings is 1. The number of carboxylic acids is 1. The number of rotatable bonds is 10. The van der Waals surface area contributed by atoms with Crippen LogP contribution in [0.2, 0.25) is 0 Å². The normalized spacial score (nSPS) is 17.6. The van der Waals surface area contributed by atoms with Crippen LogP contribution < -0.4 is 10.1 Å². The molecule has 34 heavy (non-hydrogen) atoms. The number of likely N-dealkylation sites (tertiary alicyclic amines) is 1. The maximum absolute atomic E-state index is 13.3. The number of imide groups is 1. The fourth-order valence-corrected chi connectivity index (χ4v) is 4.37. The Balaban J connectivity index is 1.83. The molecular formula is C26H31FN2O5. The summed E-state index contributed by atoms with van der Waals surface area (Å²) < 4.78 is 19.0. The molecule has 1 fully saturated rings. The van der Waals surface area contributed by atoms with E-state index in [1.54, 1.807) is 24.3 Å². The van der Waals surface area contributed by atoms with Gasteiger partial charge in [0.2, 0.25) is 5.91 Å². The molecule has 3 rings (SSSR count). The van der Waals surface area contributed by atoms with E-state index in [9.17, 15) is 18.8 Å². The molecule has 1 heterocycles. The van der Waals surface area contributed by atoms with Crippen LogP contribution in [0.5, 0.6) is 5.75 Å². The number of aromatic carboxylic acids is 1. The van der Waals surface area contributed by atoms with Crippen LogP contribution in [-0.2, 0) is 11.5 Å². The maximum atomic E-state index is 13.3. The molecule has 3 amide bonds. The van der Waals surface area contributed by atoms with Crippen molar-refractivity contribution in [1.29, 1.82) is 0 Å². The number of urea groups is 1. The van der Waals surface area contributed by atoms with E-state index in [4.69, 9.17) is 9.84 Å². The number of nitrogens with one attached hydrogen (secondary N) is 1. The SMILES string of the molecule is CCC[C@@H](NC(=O)N1C(=O)C(CC)(CC)[C@@H]1Oc1ccc(C(=O)O)cc1)c1ccc(CF)cc1. The summed E-state index contributed by atoms with van der Waals surface area (Å²) in [5, 5.41) is 12.1. The third-order valence-electron chi connectivity index (χ3n) is 6.59. The van der Waals surface area contributed by atoms with Gasteiger partial charge in [-0.15, -0.1) is 0 Å². The van der Waals surface area contributed by atoms with Crippen molar-refractivity contribution in [2.75, 3.05) is 0 Å². The van der Waals surface area contributed by atoms with Crippen molar-refractivity contribution in [3.05, 3.63) is 65.2 Å². The molecule has 7 nitrogen and oxygen atoms in total. The van der Waals surface area contributed by atoms with Crippen molar-refractivity contribution >= 4 is 17.9 Å². The highest BCUT2D eigenvalue weighted by Gasteiger charge is 2.63. The van der Waals surface area contributed by atoms with Gasteiger partial charge in [0.25, 0.3) is 0 Å². The first-order valence-corrected chi connectivity index (χ1v) is 11.6. The lowest BCUT2D eigenvalue weighted by atomic mass is 9.72. The second-order valence-electron chi connectivity index (χ2n) is 8.50. The van der Waals surface area contributed by atoms with Crippen LogP contribution in [0.15, 0.2) is 48.5 Å². The number of hydrogen-bond donors (Lipinski definition) is 2. The average Bonchev–Trinajstić information content (AvgIpc) is 2.85. The topological polar surface area (TPSA) is 95.9 Å². The van der Waals surface area contributed by atoms with Crippen LogP contribution in [0.1, 0.15) is 74.0 Å². The molecule has 0 aromatic heterocycles. The fourth-order valence-electron chi connectivity index (χ4n) is 4.37. The first kappa shape index (κ1) is 25.2. The Bertz CT molecular complexity index is 1020. The van der Waals surface area contributed by atoms with Gasteiger partial charge in [0.15, 0.2) is 6.23 Å². The van der Waals surface area contributed by atoms with Gasteiger partial charge < -0.3 is 15.2 Å². The highest BCUT2D eigenvalue weighted by atomic mass is 19.1. The number of halogens is 1. The fraction of sp³-hybridized carbons (Fsp3) is 0.423. The molecule has 182 valence electrons. The Labute approximate surface area is 198 Å². The van der Waals surface area contributed by atoms with Gasteiger partial charge >= 0.3 is 12.0 Å². The largest absolute Gasteiger partial charge is 0.478 e. The Kier molecular flexibility index (Phi) is 7.91. The lowest BCUT2D eigenvalue weighted by molar-refractivity contribution is -0.191. The smallest absolute Gasteiger partial charge is 0.335 e. The number of ether oxygens (including phenoxy) is 1. The number of benzene rings is 2. The molecule has 1 aliphatic heterocycles. The molecule has 8 heteroatoms. The molecule has 0 saturated carbocycles. The Hall–Kier alpha value is -3.42. The highest BCUT2D eigenvalue weighted by molar-refractivity contribution is 6.03. The number of nitrogens with zero attached hydrogens (tertiary/aromatic N) is 1. The van der Waals surface area contributed by atoms with Crippen LogP contribution >= 0.6 is 0 Å². The molecule has 2 aromatic rings. The van der Waals surface area contributed by atoms with Crippen molar-refractivity contribution in [2.24, 2.45) is 5.41 Å². The minimum atomic E-state index is -1.05. The lowest BCUT2D eigenvalue weighted by Crippen LogP contribution is -2.73. The van der Waals surface area contributed by atoms with Crippen LogP contribution in [-0.4, -0.2) is 34.1 Å². The molecule has 2 atom stereocenters. The molecule has 0 spiro atoms. The van der Waals surface area contributed by atoms with Gasteiger partial charge in [-0.1, -0.05) is 51.5 Å². The predicted octanol–water partition coefficient (Wildman–Crippen LogP) is 5.46. The summed E-state index contributed by atoms with van der Waals surface area (Å²) in [7, 11) is 0. The number of amides is 3. The van der Waals surface area contributed by atoms with Gasteiger partial charge in [-0.2, -0.15) is 0 Å². The zero-order chi connectivity index (χ0) is 24.9. The van der Waals surface area contributed by atoms with E-state index in [0.29, 0.717) is 30.6 Å². The monoisotopic (exact) mass is 470 g/mol. The van der Waals surface area contributed by atoms with Crippen LogP contribution in [0.25, 0.3) is 0 Å². The van der Waals surface area contributed by atoms with Crippen molar-refractivity contribution in [3.8, 4) is 5.75 Å². The van der Waals surface area contributed by atoms with E-state index in [1.165, 1.54) is 24.3 Å². The second-order valence-corrected chi connectivity index (χ2v) is 8.50. The summed E-state index contributed by atoms with van der Waals surface area (Å²) in [5.74, 6) is -0.979. The summed E-state index contributed by atoms with van der Waals surface area (Å²) in [6, 6.07) is 11.9. The number of carbonyl (C=O) groups is 3. The highest BCUT2D eigenvalue weighted by Crippen LogP contribution is 2.46. The van der Waals surface area contributed by atoms with Crippen LogP contribution in [0.4, 0.5) is 9.18 Å². The van der Waals surface area contributed by atoms with E-state index in [1.807, 2.05) is 20.8 Å². The van der Waals surface area contributed by atoms with Crippen LogP contribution in [0.3, 0.4) is 0 Å². The average molecular weight is 471 g/mol. The van der Waals surface area contributed by atoms with Crippen molar-refractivity contribution in [2.45, 2.75) is 65.4 Å². The maximum Gasteiger partial charge on any atom is 0.335 e. The predicted molar refractivity (Wildman–Crippen MR) is 125 cm³/mol. The Morgan fingerprint density at radius 2 is 1.71 bits per heavy atom. The van der Waals surface area contributed by atoms with Crippen molar-refractivity contribution in [1.82, 2.24) is 10.2 Å². The molecule has 0 aliphatic carbocycles. The Morgan fingerprint density at radius 1 is 1.09 bits per heavy atom. The summed E-state index contributed by atoms with van der Waals surface area (Å²) in [4.78, 5) is 38.6. The summed E-state index contributed by atoms with van der Waals surface area (Å²) >= 11 is 0. The van der Waals surface area contributed by atoms with Gasteiger partial charge in [-0.05, 0) is 54.7 Å². The van der Waals surface area contributed by atoms with Gasteiger partial charge in [0, 0.05) is 0 Å².